The topological polar surface area (TPSA) is 75.8 Å². The number of benzene rings is 2. The third kappa shape index (κ3) is 3.97. The highest BCUT2D eigenvalue weighted by molar-refractivity contribution is 5.71. The zero-order chi connectivity index (χ0) is 18.8. The molecule has 5 nitrogen and oxygen atoms in total. The van der Waals surface area contributed by atoms with Gasteiger partial charge in [-0.25, -0.2) is 0 Å². The number of hydrogen-bond acceptors (Lipinski definition) is 4. The van der Waals surface area contributed by atoms with Crippen LogP contribution in [0.1, 0.15) is 16.7 Å². The summed E-state index contributed by atoms with van der Waals surface area (Å²) in [5.74, 6) is 6.17. The average molecular weight is 360 g/mol. The molecule has 0 atom stereocenters. The van der Waals surface area contributed by atoms with Crippen LogP contribution in [0.15, 0.2) is 48.0 Å². The van der Waals surface area contributed by atoms with E-state index in [1.54, 1.807) is 0 Å². The standard InChI is InChI=1S/C22H20N2O3/c23-20-7-4-15(5-8-20)1-2-16-3-6-18-9-17(14-27-21(18)10-16)11-24-12-19(13-24)22(25)26/h3-10,19H,11-14,23H2,(H,25,26). The highest BCUT2D eigenvalue weighted by Gasteiger charge is 2.32. The number of nitrogen functional groups attached to an aromatic ring is 1. The van der Waals surface area contributed by atoms with Crippen molar-refractivity contribution in [2.75, 3.05) is 32.0 Å². The van der Waals surface area contributed by atoms with Crippen molar-refractivity contribution >= 4 is 17.7 Å². The van der Waals surface area contributed by atoms with Gasteiger partial charge >= 0.3 is 5.97 Å². The second-order valence-corrected chi connectivity index (χ2v) is 6.95. The van der Waals surface area contributed by atoms with Gasteiger partial charge in [-0.1, -0.05) is 17.9 Å². The van der Waals surface area contributed by atoms with Crippen LogP contribution in [0.2, 0.25) is 0 Å². The van der Waals surface area contributed by atoms with Gasteiger partial charge in [0.2, 0.25) is 0 Å². The molecular weight excluding hydrogens is 340 g/mol. The third-order valence-electron chi connectivity index (χ3n) is 4.78. The molecule has 2 aromatic rings. The van der Waals surface area contributed by atoms with Gasteiger partial charge in [0, 0.05) is 42.0 Å². The van der Waals surface area contributed by atoms with Crippen LogP contribution < -0.4 is 10.5 Å². The van der Waals surface area contributed by atoms with Gasteiger partial charge in [-0.3, -0.25) is 9.69 Å². The molecule has 0 unspecified atom stereocenters. The molecule has 1 fully saturated rings. The molecule has 0 bridgehead atoms. The monoisotopic (exact) mass is 360 g/mol. The zero-order valence-electron chi connectivity index (χ0n) is 14.8. The maximum atomic E-state index is 10.9. The summed E-state index contributed by atoms with van der Waals surface area (Å²) in [5, 5.41) is 8.96. The Bertz CT molecular complexity index is 961. The summed E-state index contributed by atoms with van der Waals surface area (Å²) in [7, 11) is 0. The van der Waals surface area contributed by atoms with Crippen molar-refractivity contribution in [3.63, 3.8) is 0 Å². The van der Waals surface area contributed by atoms with Gasteiger partial charge in [-0.05, 0) is 48.0 Å². The highest BCUT2D eigenvalue weighted by atomic mass is 16.5. The first kappa shape index (κ1) is 17.2. The molecule has 2 heterocycles. The lowest BCUT2D eigenvalue weighted by Gasteiger charge is -2.37. The molecule has 136 valence electrons. The van der Waals surface area contributed by atoms with Crippen molar-refractivity contribution < 1.29 is 14.6 Å². The lowest BCUT2D eigenvalue weighted by atomic mass is 9.98. The van der Waals surface area contributed by atoms with Crippen LogP contribution in [0.25, 0.3) is 6.08 Å². The first-order valence-electron chi connectivity index (χ1n) is 8.86. The largest absolute Gasteiger partial charge is 0.489 e. The van der Waals surface area contributed by atoms with Gasteiger partial charge in [-0.15, -0.1) is 0 Å². The van der Waals surface area contributed by atoms with Crippen molar-refractivity contribution in [1.29, 1.82) is 0 Å². The van der Waals surface area contributed by atoms with E-state index in [1.165, 1.54) is 0 Å². The van der Waals surface area contributed by atoms with Crippen LogP contribution in [0.3, 0.4) is 0 Å². The maximum absolute atomic E-state index is 10.9. The molecule has 1 saturated heterocycles. The zero-order valence-corrected chi connectivity index (χ0v) is 14.8. The minimum absolute atomic E-state index is 0.232. The molecule has 2 aliphatic rings. The minimum atomic E-state index is -0.710. The fraction of sp³-hybridized carbons (Fsp3) is 0.227. The van der Waals surface area contributed by atoms with E-state index in [0.717, 1.165) is 40.2 Å². The van der Waals surface area contributed by atoms with E-state index >= 15 is 0 Å². The number of aliphatic carboxylic acids is 1. The van der Waals surface area contributed by atoms with Crippen molar-refractivity contribution in [3.8, 4) is 17.6 Å². The normalized spacial score (nSPS) is 16.2. The molecule has 0 saturated carbocycles. The molecule has 0 aromatic heterocycles. The lowest BCUT2D eigenvalue weighted by Crippen LogP contribution is -2.51. The molecule has 0 spiro atoms. The number of rotatable bonds is 3. The summed E-state index contributed by atoms with van der Waals surface area (Å²) in [6, 6.07) is 13.4. The number of carboxylic acid groups (broad SMARTS) is 1. The predicted molar refractivity (Wildman–Crippen MR) is 104 cm³/mol. The number of carboxylic acids is 1. The number of hydrogen-bond donors (Lipinski definition) is 2. The molecule has 27 heavy (non-hydrogen) atoms. The summed E-state index contributed by atoms with van der Waals surface area (Å²) in [4.78, 5) is 13.0. The molecule has 2 aliphatic heterocycles. The Kier molecular flexibility index (Phi) is 4.57. The van der Waals surface area contributed by atoms with E-state index < -0.39 is 5.97 Å². The summed E-state index contributed by atoms with van der Waals surface area (Å²) in [5.41, 5.74) is 10.4. The van der Waals surface area contributed by atoms with E-state index in [9.17, 15) is 4.79 Å². The van der Waals surface area contributed by atoms with Crippen LogP contribution in [-0.4, -0.2) is 42.2 Å². The van der Waals surface area contributed by atoms with Gasteiger partial charge in [0.25, 0.3) is 0 Å². The van der Waals surface area contributed by atoms with Crippen molar-refractivity contribution in [2.45, 2.75) is 0 Å². The predicted octanol–water partition coefficient (Wildman–Crippen LogP) is 2.46. The first-order valence-corrected chi connectivity index (χ1v) is 8.86. The number of likely N-dealkylation sites (tertiary alicyclic amines) is 1. The number of fused-ring (bicyclic) bond motifs is 1. The SMILES string of the molecule is Nc1ccc(C#Cc2ccc3c(c2)OCC(CN2CC(C(=O)O)C2)=C3)cc1. The number of carbonyl (C=O) groups is 1. The third-order valence-corrected chi connectivity index (χ3v) is 4.78. The summed E-state index contributed by atoms with van der Waals surface area (Å²) in [6.07, 6.45) is 2.13. The molecular formula is C22H20N2O3. The molecule has 3 N–H and O–H groups in total. The molecule has 0 aliphatic carbocycles. The van der Waals surface area contributed by atoms with Crippen LogP contribution >= 0.6 is 0 Å². The minimum Gasteiger partial charge on any atom is -0.489 e. The molecule has 0 amide bonds. The number of nitrogens with two attached hydrogens (primary N) is 1. The van der Waals surface area contributed by atoms with Crippen LogP contribution in [0, 0.1) is 17.8 Å². The van der Waals surface area contributed by atoms with Crippen LogP contribution in [-0.2, 0) is 4.79 Å². The molecule has 2 aromatic carbocycles. The second kappa shape index (κ2) is 7.18. The van der Waals surface area contributed by atoms with Gasteiger partial charge in [0.1, 0.15) is 12.4 Å². The van der Waals surface area contributed by atoms with Crippen molar-refractivity contribution in [3.05, 3.63) is 64.7 Å². The fourth-order valence-electron chi connectivity index (χ4n) is 3.23. The smallest absolute Gasteiger partial charge is 0.309 e. The van der Waals surface area contributed by atoms with E-state index in [-0.39, 0.29) is 5.92 Å². The van der Waals surface area contributed by atoms with Gasteiger partial charge in [0.05, 0.1) is 5.92 Å². The first-order chi connectivity index (χ1) is 13.1. The molecule has 4 rings (SSSR count). The lowest BCUT2D eigenvalue weighted by molar-refractivity contribution is -0.147. The Labute approximate surface area is 158 Å². The summed E-state index contributed by atoms with van der Waals surface area (Å²) >= 11 is 0. The average Bonchev–Trinajstić information content (AvgIpc) is 2.63. The van der Waals surface area contributed by atoms with Crippen molar-refractivity contribution in [2.24, 2.45) is 5.92 Å². The van der Waals surface area contributed by atoms with E-state index in [2.05, 4.69) is 22.8 Å². The summed E-state index contributed by atoms with van der Waals surface area (Å²) < 4.78 is 5.89. The fourth-order valence-corrected chi connectivity index (χ4v) is 3.23. The van der Waals surface area contributed by atoms with E-state index in [0.29, 0.717) is 19.7 Å². The Hall–Kier alpha value is -3.23. The number of ether oxygens (including phenoxy) is 1. The second-order valence-electron chi connectivity index (χ2n) is 6.95. The Morgan fingerprint density at radius 2 is 1.85 bits per heavy atom. The number of nitrogens with zero attached hydrogens (tertiary/aromatic N) is 1. The van der Waals surface area contributed by atoms with Crippen LogP contribution in [0.5, 0.6) is 5.75 Å². The number of anilines is 1. The van der Waals surface area contributed by atoms with Crippen LogP contribution in [0.4, 0.5) is 5.69 Å². The van der Waals surface area contributed by atoms with Crippen molar-refractivity contribution in [1.82, 2.24) is 4.90 Å². The molecule has 0 radical (unpaired) electrons. The Morgan fingerprint density at radius 3 is 2.59 bits per heavy atom. The maximum Gasteiger partial charge on any atom is 0.309 e. The highest BCUT2D eigenvalue weighted by Crippen LogP contribution is 2.28. The van der Waals surface area contributed by atoms with Gasteiger partial charge in [0.15, 0.2) is 0 Å². The summed E-state index contributed by atoms with van der Waals surface area (Å²) in [6.45, 7) is 2.50. The van der Waals surface area contributed by atoms with Gasteiger partial charge < -0.3 is 15.6 Å². The van der Waals surface area contributed by atoms with Gasteiger partial charge in [-0.2, -0.15) is 0 Å². The van der Waals surface area contributed by atoms with E-state index in [1.807, 2.05) is 42.5 Å². The Balaban J connectivity index is 1.43. The molecule has 5 heteroatoms. The van der Waals surface area contributed by atoms with E-state index in [4.69, 9.17) is 15.6 Å². The Morgan fingerprint density at radius 1 is 1.15 bits per heavy atom. The quantitative estimate of drug-likeness (QED) is 0.650.